The predicted molar refractivity (Wildman–Crippen MR) is 120 cm³/mol. The number of carbonyl (C=O) groups is 1. The second-order valence-electron chi connectivity index (χ2n) is 11.1. The first-order valence-electron chi connectivity index (χ1n) is 12.3. The summed E-state index contributed by atoms with van der Waals surface area (Å²) in [5.41, 5.74) is 3.82. The van der Waals surface area contributed by atoms with Crippen molar-refractivity contribution in [2.75, 3.05) is 0 Å². The van der Waals surface area contributed by atoms with Crippen LogP contribution in [0.3, 0.4) is 0 Å². The first-order chi connectivity index (χ1) is 14.0. The molecular formula is C28H38O. The summed E-state index contributed by atoms with van der Waals surface area (Å²) in [4.78, 5) is 13.3. The molecule has 4 aliphatic carbocycles. The van der Waals surface area contributed by atoms with Crippen molar-refractivity contribution in [1.29, 1.82) is 0 Å². The molecule has 0 bridgehead atoms. The largest absolute Gasteiger partial charge is 0.299 e. The minimum absolute atomic E-state index is 0.255. The molecule has 0 spiro atoms. The zero-order chi connectivity index (χ0) is 20.1. The Morgan fingerprint density at radius 2 is 1.83 bits per heavy atom. The first kappa shape index (κ1) is 19.6. The number of aryl methyl sites for hydroxylation is 1. The van der Waals surface area contributed by atoms with E-state index in [0.29, 0.717) is 17.1 Å². The van der Waals surface area contributed by atoms with Gasteiger partial charge in [-0.1, -0.05) is 62.2 Å². The van der Waals surface area contributed by atoms with Crippen molar-refractivity contribution in [3.8, 4) is 0 Å². The first-order valence-corrected chi connectivity index (χ1v) is 12.3. The summed E-state index contributed by atoms with van der Waals surface area (Å²) in [5, 5.41) is 0. The lowest BCUT2D eigenvalue weighted by atomic mass is 9.47. The van der Waals surface area contributed by atoms with Gasteiger partial charge in [0.1, 0.15) is 5.78 Å². The average Bonchev–Trinajstić information content (AvgIpc) is 3.09. The van der Waals surface area contributed by atoms with Crippen molar-refractivity contribution in [1.82, 2.24) is 0 Å². The van der Waals surface area contributed by atoms with Crippen molar-refractivity contribution < 1.29 is 4.79 Å². The van der Waals surface area contributed by atoms with E-state index in [9.17, 15) is 4.79 Å². The fourth-order valence-electron chi connectivity index (χ4n) is 8.31. The molecular weight excluding hydrogens is 352 g/mol. The van der Waals surface area contributed by atoms with E-state index in [1.165, 1.54) is 56.9 Å². The summed E-state index contributed by atoms with van der Waals surface area (Å²) in [5.74, 6) is 3.32. The molecule has 6 atom stereocenters. The quantitative estimate of drug-likeness (QED) is 0.499. The third-order valence-electron chi connectivity index (χ3n) is 9.91. The molecule has 1 heteroatoms. The van der Waals surface area contributed by atoms with Gasteiger partial charge in [-0.15, -0.1) is 0 Å². The van der Waals surface area contributed by atoms with Crippen LogP contribution >= 0.6 is 0 Å². The Hall–Kier alpha value is -1.37. The topological polar surface area (TPSA) is 17.1 Å². The van der Waals surface area contributed by atoms with Gasteiger partial charge in [0.25, 0.3) is 0 Å². The molecule has 156 valence electrons. The number of hydrogen-bond acceptors (Lipinski definition) is 1. The lowest BCUT2D eigenvalue weighted by Crippen LogP contribution is -2.50. The van der Waals surface area contributed by atoms with Gasteiger partial charge in [0.15, 0.2) is 0 Å². The van der Waals surface area contributed by atoms with E-state index in [2.05, 4.69) is 50.3 Å². The molecule has 0 radical (unpaired) electrons. The molecule has 0 aromatic heterocycles. The highest BCUT2D eigenvalue weighted by Gasteiger charge is 2.59. The molecule has 5 rings (SSSR count). The van der Waals surface area contributed by atoms with E-state index in [1.54, 1.807) is 5.57 Å². The summed E-state index contributed by atoms with van der Waals surface area (Å²) in [6, 6.07) is 10.6. The Labute approximate surface area is 177 Å². The van der Waals surface area contributed by atoms with Gasteiger partial charge in [0.05, 0.1) is 0 Å². The summed E-state index contributed by atoms with van der Waals surface area (Å²) in [6.07, 6.45) is 16.2. The maximum atomic E-state index is 13.3. The van der Waals surface area contributed by atoms with Gasteiger partial charge in [-0.3, -0.25) is 4.79 Å². The fourth-order valence-corrected chi connectivity index (χ4v) is 8.31. The number of Topliss-reactive ketones (excluding diaryl/α,β-unsaturated/α-hetero) is 1. The second kappa shape index (κ2) is 7.40. The highest BCUT2D eigenvalue weighted by Crippen LogP contribution is 2.66. The third kappa shape index (κ3) is 3.15. The fraction of sp³-hybridized carbons (Fsp3) is 0.679. The van der Waals surface area contributed by atoms with E-state index in [-0.39, 0.29) is 5.41 Å². The van der Waals surface area contributed by atoms with E-state index in [1.807, 2.05) is 0 Å². The Morgan fingerprint density at radius 1 is 1.00 bits per heavy atom. The van der Waals surface area contributed by atoms with Crippen LogP contribution < -0.4 is 0 Å². The van der Waals surface area contributed by atoms with Crippen LogP contribution in [0.2, 0.25) is 0 Å². The van der Waals surface area contributed by atoms with Gasteiger partial charge >= 0.3 is 0 Å². The molecule has 3 saturated carbocycles. The zero-order valence-electron chi connectivity index (χ0n) is 18.5. The summed E-state index contributed by atoms with van der Waals surface area (Å²) < 4.78 is 0. The van der Waals surface area contributed by atoms with E-state index < -0.39 is 0 Å². The van der Waals surface area contributed by atoms with E-state index in [4.69, 9.17) is 0 Å². The van der Waals surface area contributed by atoms with Gasteiger partial charge in [0, 0.05) is 12.3 Å². The van der Waals surface area contributed by atoms with E-state index >= 15 is 0 Å². The lowest BCUT2D eigenvalue weighted by molar-refractivity contribution is -0.129. The highest BCUT2D eigenvalue weighted by atomic mass is 16.1. The summed E-state index contributed by atoms with van der Waals surface area (Å²) in [7, 11) is 0. The predicted octanol–water partition coefficient (Wildman–Crippen LogP) is 7.16. The van der Waals surface area contributed by atoms with Crippen LogP contribution in [-0.2, 0) is 11.2 Å². The average molecular weight is 391 g/mol. The number of benzene rings is 1. The molecule has 1 aromatic carbocycles. The number of carbonyl (C=O) groups excluding carboxylic acids is 1. The van der Waals surface area contributed by atoms with Crippen LogP contribution in [0, 0.1) is 34.5 Å². The SMILES string of the molecule is CC12CCCCC1=CCC1C2CCC2(C)C(C(=O)CCc3ccccc3)CCC12. The normalized spacial score (nSPS) is 41.1. The van der Waals surface area contributed by atoms with Crippen molar-refractivity contribution in [2.45, 2.75) is 84.5 Å². The second-order valence-corrected chi connectivity index (χ2v) is 11.1. The molecule has 0 heterocycles. The van der Waals surface area contributed by atoms with Crippen molar-refractivity contribution >= 4 is 5.78 Å². The zero-order valence-corrected chi connectivity index (χ0v) is 18.5. The smallest absolute Gasteiger partial charge is 0.136 e. The number of allylic oxidation sites excluding steroid dienone is 2. The Morgan fingerprint density at radius 3 is 2.66 bits per heavy atom. The monoisotopic (exact) mass is 390 g/mol. The molecule has 0 saturated heterocycles. The number of ketones is 1. The van der Waals surface area contributed by atoms with Gasteiger partial charge in [0.2, 0.25) is 0 Å². The minimum atomic E-state index is 0.255. The molecule has 6 unspecified atom stereocenters. The summed E-state index contributed by atoms with van der Waals surface area (Å²) >= 11 is 0. The molecule has 0 aliphatic heterocycles. The standard InChI is InChI=1S/C28H38O/c1-27-18-7-6-10-21(27)12-13-22-23-14-15-25(28(23,2)19-17-24(22)27)26(29)16-11-20-8-4-3-5-9-20/h3-5,8-9,12,22-25H,6-7,10-11,13-19H2,1-2H3. The van der Waals surface area contributed by atoms with Crippen molar-refractivity contribution in [3.05, 3.63) is 47.5 Å². The Kier molecular flexibility index (Phi) is 5.00. The Balaban J connectivity index is 1.32. The highest BCUT2D eigenvalue weighted by molar-refractivity contribution is 5.82. The number of fused-ring (bicyclic) bond motifs is 5. The lowest BCUT2D eigenvalue weighted by Gasteiger charge is -2.57. The maximum absolute atomic E-state index is 13.3. The van der Waals surface area contributed by atoms with Crippen LogP contribution in [0.5, 0.6) is 0 Å². The van der Waals surface area contributed by atoms with Crippen LogP contribution in [-0.4, -0.2) is 5.78 Å². The van der Waals surface area contributed by atoms with Gasteiger partial charge in [-0.2, -0.15) is 0 Å². The molecule has 1 nitrogen and oxygen atoms in total. The van der Waals surface area contributed by atoms with Crippen LogP contribution in [0.1, 0.15) is 83.6 Å². The van der Waals surface area contributed by atoms with Gasteiger partial charge in [-0.05, 0) is 91.9 Å². The van der Waals surface area contributed by atoms with Crippen LogP contribution in [0.25, 0.3) is 0 Å². The molecule has 4 aliphatic rings. The molecule has 0 amide bonds. The third-order valence-corrected chi connectivity index (χ3v) is 9.91. The van der Waals surface area contributed by atoms with Crippen molar-refractivity contribution in [3.63, 3.8) is 0 Å². The van der Waals surface area contributed by atoms with Crippen LogP contribution in [0.4, 0.5) is 0 Å². The minimum Gasteiger partial charge on any atom is -0.299 e. The van der Waals surface area contributed by atoms with Crippen LogP contribution in [0.15, 0.2) is 42.0 Å². The number of hydrogen-bond donors (Lipinski definition) is 0. The summed E-state index contributed by atoms with van der Waals surface area (Å²) in [6.45, 7) is 5.09. The Bertz CT molecular complexity index is 792. The molecule has 0 N–H and O–H groups in total. The number of rotatable bonds is 4. The molecule has 29 heavy (non-hydrogen) atoms. The van der Waals surface area contributed by atoms with Gasteiger partial charge < -0.3 is 0 Å². The van der Waals surface area contributed by atoms with E-state index in [0.717, 1.165) is 37.0 Å². The van der Waals surface area contributed by atoms with Gasteiger partial charge in [-0.25, -0.2) is 0 Å². The van der Waals surface area contributed by atoms with Crippen molar-refractivity contribution in [2.24, 2.45) is 34.5 Å². The maximum Gasteiger partial charge on any atom is 0.136 e. The molecule has 3 fully saturated rings. The molecule has 1 aromatic rings.